The fourth-order valence-electron chi connectivity index (χ4n) is 0.837. The predicted molar refractivity (Wildman–Crippen MR) is 34.0 cm³/mol. The first-order valence-corrected chi connectivity index (χ1v) is 3.32. The van der Waals surface area contributed by atoms with Crippen molar-refractivity contribution in [3.05, 3.63) is 6.54 Å². The van der Waals surface area contributed by atoms with Crippen molar-refractivity contribution in [2.75, 3.05) is 0 Å². The highest BCUT2D eigenvalue weighted by Crippen LogP contribution is 2.27. The van der Waals surface area contributed by atoms with Gasteiger partial charge < -0.3 is 0 Å². The summed E-state index contributed by atoms with van der Waals surface area (Å²) >= 11 is 0. The third-order valence-corrected chi connectivity index (χ3v) is 1.32. The molecule has 0 aromatic carbocycles. The zero-order valence-corrected chi connectivity index (χ0v) is 6.22. The van der Waals surface area contributed by atoms with E-state index in [-0.39, 0.29) is 4.90 Å². The SMILES string of the molecule is FC(F)N1[C]=NC(CC(F)(F)F)[CH]1. The Hall–Kier alpha value is -0.880. The second-order valence-electron chi connectivity index (χ2n) is 2.45. The van der Waals surface area contributed by atoms with Gasteiger partial charge in [0.15, 0.2) is 6.34 Å². The average molecular weight is 200 g/mol. The molecular weight excluding hydrogens is 195 g/mol. The second kappa shape index (κ2) is 3.47. The quantitative estimate of drug-likeness (QED) is 0.491. The number of rotatable bonds is 2. The third-order valence-electron chi connectivity index (χ3n) is 1.32. The molecule has 1 aliphatic heterocycles. The zero-order chi connectivity index (χ0) is 10.1. The van der Waals surface area contributed by atoms with E-state index < -0.39 is 25.2 Å². The Morgan fingerprint density at radius 1 is 1.46 bits per heavy atom. The van der Waals surface area contributed by atoms with E-state index in [1.54, 1.807) is 6.34 Å². The number of hydrogen-bond donors (Lipinski definition) is 0. The highest BCUT2D eigenvalue weighted by Gasteiger charge is 2.36. The lowest BCUT2D eigenvalue weighted by Gasteiger charge is -2.14. The number of alkyl halides is 5. The molecule has 1 rings (SSSR count). The molecule has 0 aromatic heterocycles. The van der Waals surface area contributed by atoms with Gasteiger partial charge in [0.2, 0.25) is 0 Å². The summed E-state index contributed by atoms with van der Waals surface area (Å²) in [6.07, 6.45) is -3.85. The normalized spacial score (nSPS) is 23.2. The molecule has 1 heterocycles. The number of nitrogens with zero attached hydrogens (tertiary/aromatic N) is 2. The molecular formula is C6H5F5N2. The summed E-state index contributed by atoms with van der Waals surface area (Å²) in [7, 11) is 0. The van der Waals surface area contributed by atoms with Gasteiger partial charge in [-0.15, -0.1) is 0 Å². The summed E-state index contributed by atoms with van der Waals surface area (Å²) in [4.78, 5) is 3.38. The standard InChI is InChI=1S/C6H5F5N2/c7-5(8)13-2-4(12-3-13)1-6(9,10)11/h2,4-5H,1H2. The minimum absolute atomic E-state index is 0.233. The fraction of sp³-hybridized carbons (Fsp3) is 0.667. The topological polar surface area (TPSA) is 15.6 Å². The van der Waals surface area contributed by atoms with Crippen LogP contribution in [0.1, 0.15) is 6.42 Å². The van der Waals surface area contributed by atoms with Gasteiger partial charge in [-0.25, -0.2) is 0 Å². The number of halogens is 5. The summed E-state index contributed by atoms with van der Waals surface area (Å²) in [6.45, 7) is -2.18. The molecule has 0 fully saturated rings. The van der Waals surface area contributed by atoms with Crippen molar-refractivity contribution in [2.24, 2.45) is 4.99 Å². The van der Waals surface area contributed by atoms with Crippen LogP contribution in [-0.4, -0.2) is 30.0 Å². The van der Waals surface area contributed by atoms with E-state index in [2.05, 4.69) is 4.99 Å². The van der Waals surface area contributed by atoms with E-state index in [4.69, 9.17) is 0 Å². The van der Waals surface area contributed by atoms with Gasteiger partial charge in [-0.2, -0.15) is 22.0 Å². The summed E-state index contributed by atoms with van der Waals surface area (Å²) < 4.78 is 58.8. The van der Waals surface area contributed by atoms with Gasteiger partial charge in [0, 0.05) is 0 Å². The predicted octanol–water partition coefficient (Wildman–Crippen LogP) is 1.91. The molecule has 7 heteroatoms. The van der Waals surface area contributed by atoms with Crippen LogP contribution in [0.5, 0.6) is 0 Å². The van der Waals surface area contributed by atoms with Crippen LogP contribution in [0.3, 0.4) is 0 Å². The van der Waals surface area contributed by atoms with E-state index in [1.807, 2.05) is 0 Å². The van der Waals surface area contributed by atoms with Crippen LogP contribution in [0.15, 0.2) is 4.99 Å². The van der Waals surface area contributed by atoms with Gasteiger partial charge in [-0.1, -0.05) is 0 Å². The molecule has 0 aromatic rings. The lowest BCUT2D eigenvalue weighted by atomic mass is 10.2. The maximum Gasteiger partial charge on any atom is 0.391 e. The lowest BCUT2D eigenvalue weighted by molar-refractivity contribution is -0.137. The van der Waals surface area contributed by atoms with Crippen LogP contribution in [0.4, 0.5) is 22.0 Å². The second-order valence-corrected chi connectivity index (χ2v) is 2.45. The number of hydrogen-bond acceptors (Lipinski definition) is 2. The molecule has 1 atom stereocenters. The molecule has 1 aliphatic rings. The molecule has 0 saturated carbocycles. The maximum absolute atomic E-state index is 11.8. The summed E-state index contributed by atoms with van der Waals surface area (Å²) in [5.74, 6) is 0. The molecule has 0 saturated heterocycles. The Bertz CT molecular complexity index is 200. The van der Waals surface area contributed by atoms with Crippen LogP contribution in [0.2, 0.25) is 0 Å². The first-order chi connectivity index (χ1) is 5.88. The first kappa shape index (κ1) is 10.2. The van der Waals surface area contributed by atoms with E-state index in [0.717, 1.165) is 0 Å². The zero-order valence-electron chi connectivity index (χ0n) is 6.22. The van der Waals surface area contributed by atoms with E-state index in [1.165, 1.54) is 0 Å². The molecule has 0 aliphatic carbocycles. The van der Waals surface area contributed by atoms with Crippen molar-refractivity contribution in [2.45, 2.75) is 25.2 Å². The Morgan fingerprint density at radius 2 is 2.08 bits per heavy atom. The third kappa shape index (κ3) is 3.16. The fourth-order valence-corrected chi connectivity index (χ4v) is 0.837. The Morgan fingerprint density at radius 3 is 2.46 bits per heavy atom. The van der Waals surface area contributed by atoms with Crippen molar-refractivity contribution < 1.29 is 22.0 Å². The first-order valence-electron chi connectivity index (χ1n) is 3.32. The minimum Gasteiger partial charge on any atom is -0.290 e. The molecule has 2 nitrogen and oxygen atoms in total. The highest BCUT2D eigenvalue weighted by molar-refractivity contribution is 5.59. The van der Waals surface area contributed by atoms with Crippen LogP contribution in [0.25, 0.3) is 0 Å². The van der Waals surface area contributed by atoms with Gasteiger partial charge in [0.1, 0.15) is 0 Å². The van der Waals surface area contributed by atoms with Crippen molar-refractivity contribution in [1.29, 1.82) is 0 Å². The highest BCUT2D eigenvalue weighted by atomic mass is 19.4. The monoisotopic (exact) mass is 200 g/mol. The van der Waals surface area contributed by atoms with Crippen LogP contribution >= 0.6 is 0 Å². The molecule has 74 valence electrons. The summed E-state index contributed by atoms with van der Waals surface area (Å²) in [5.41, 5.74) is 0. The maximum atomic E-state index is 11.8. The van der Waals surface area contributed by atoms with Gasteiger partial charge >= 0.3 is 12.7 Å². The van der Waals surface area contributed by atoms with Crippen LogP contribution in [0, 0.1) is 6.54 Å². The van der Waals surface area contributed by atoms with Gasteiger partial charge in [-0.05, 0) is 0 Å². The van der Waals surface area contributed by atoms with E-state index in [9.17, 15) is 22.0 Å². The van der Waals surface area contributed by atoms with Gasteiger partial charge in [-0.3, -0.25) is 9.89 Å². The van der Waals surface area contributed by atoms with Crippen molar-refractivity contribution >= 4 is 6.34 Å². The number of aliphatic imine (C=N–C) groups is 1. The minimum atomic E-state index is -4.40. The largest absolute Gasteiger partial charge is 0.391 e. The molecule has 0 spiro atoms. The Labute approximate surface area is 71.0 Å². The average Bonchev–Trinajstić information content (AvgIpc) is 2.31. The van der Waals surface area contributed by atoms with Crippen LogP contribution < -0.4 is 0 Å². The van der Waals surface area contributed by atoms with Gasteiger partial charge in [0.05, 0.1) is 19.0 Å². The smallest absolute Gasteiger partial charge is 0.290 e. The Balaban J connectivity index is 2.39. The molecule has 0 bridgehead atoms. The Kier molecular flexibility index (Phi) is 2.72. The van der Waals surface area contributed by atoms with Gasteiger partial charge in [0.25, 0.3) is 0 Å². The molecule has 13 heavy (non-hydrogen) atoms. The molecule has 1 unspecified atom stereocenters. The van der Waals surface area contributed by atoms with E-state index >= 15 is 0 Å². The summed E-state index contributed by atoms with van der Waals surface area (Å²) in [5, 5.41) is 0. The lowest BCUT2D eigenvalue weighted by Crippen LogP contribution is -2.25. The van der Waals surface area contributed by atoms with Crippen molar-refractivity contribution in [3.8, 4) is 0 Å². The van der Waals surface area contributed by atoms with Crippen LogP contribution in [-0.2, 0) is 0 Å². The van der Waals surface area contributed by atoms with E-state index in [0.29, 0.717) is 6.54 Å². The van der Waals surface area contributed by atoms with Crippen molar-refractivity contribution in [1.82, 2.24) is 4.90 Å². The molecule has 0 amide bonds. The summed E-state index contributed by atoms with van der Waals surface area (Å²) in [6, 6.07) is -1.27. The molecule has 0 N–H and O–H groups in total. The van der Waals surface area contributed by atoms with Crippen molar-refractivity contribution in [3.63, 3.8) is 0 Å². The molecule has 2 radical (unpaired) electrons.